The van der Waals surface area contributed by atoms with E-state index in [0.29, 0.717) is 12.5 Å². The van der Waals surface area contributed by atoms with Crippen LogP contribution in [0.4, 0.5) is 0 Å². The average molecular weight is 328 g/mol. The predicted molar refractivity (Wildman–Crippen MR) is 81.5 cm³/mol. The Morgan fingerprint density at radius 3 is 2.68 bits per heavy atom. The molecule has 0 radical (unpaired) electrons. The third-order valence-electron chi connectivity index (χ3n) is 3.11. The Morgan fingerprint density at radius 1 is 1.37 bits per heavy atom. The molecule has 0 saturated heterocycles. The van der Waals surface area contributed by atoms with E-state index in [2.05, 4.69) is 34.7 Å². The Morgan fingerprint density at radius 2 is 2.11 bits per heavy atom. The second-order valence-corrected chi connectivity index (χ2v) is 5.81. The minimum absolute atomic E-state index is 0.163. The fourth-order valence-corrected chi connectivity index (χ4v) is 2.35. The normalized spacial score (nSPS) is 11.3. The molecule has 0 aliphatic heterocycles. The Kier molecular flexibility index (Phi) is 7.28. The highest BCUT2D eigenvalue weighted by Gasteiger charge is 2.12. The predicted octanol–water partition coefficient (Wildman–Crippen LogP) is 3.11. The number of ketones is 1. The summed E-state index contributed by atoms with van der Waals surface area (Å²) in [6, 6.07) is 7.89. The molecular weight excluding hydrogens is 306 g/mol. The van der Waals surface area contributed by atoms with E-state index in [-0.39, 0.29) is 12.4 Å². The molecule has 0 bridgehead atoms. The molecule has 0 aliphatic rings. The van der Waals surface area contributed by atoms with E-state index in [1.165, 1.54) is 0 Å². The maximum Gasteiger partial charge on any atom is 0.164 e. The number of nitrogens with zero attached hydrogens (tertiary/aromatic N) is 1. The lowest BCUT2D eigenvalue weighted by Crippen LogP contribution is -2.34. The number of Topliss-reactive ketones (excluding diaryl/α,β-unsaturated/α-hetero) is 1. The lowest BCUT2D eigenvalue weighted by atomic mass is 10.1. The number of carbonyl (C=O) groups is 1. The molecule has 3 nitrogen and oxygen atoms in total. The first-order valence-corrected chi connectivity index (χ1v) is 7.47. The minimum atomic E-state index is 0.163. The Balaban J connectivity index is 2.52. The summed E-state index contributed by atoms with van der Waals surface area (Å²) < 4.78 is 0.930. The summed E-state index contributed by atoms with van der Waals surface area (Å²) in [5.41, 5.74) is 0.750. The van der Waals surface area contributed by atoms with E-state index in [1.54, 1.807) is 0 Å². The lowest BCUT2D eigenvalue weighted by Gasteiger charge is -2.25. The van der Waals surface area contributed by atoms with Crippen LogP contribution in [0.3, 0.4) is 0 Å². The SMILES string of the molecule is CC(C)N(CCCO)CCC(=O)c1cccc(Br)c1. The van der Waals surface area contributed by atoms with Crippen LogP contribution in [-0.4, -0.2) is 41.5 Å². The fraction of sp³-hybridized carbons (Fsp3) is 0.533. The van der Waals surface area contributed by atoms with Gasteiger partial charge in [0.05, 0.1) is 0 Å². The smallest absolute Gasteiger partial charge is 0.164 e. The summed E-state index contributed by atoms with van der Waals surface area (Å²) in [6.45, 7) is 5.99. The van der Waals surface area contributed by atoms with E-state index in [9.17, 15) is 4.79 Å². The highest BCUT2D eigenvalue weighted by molar-refractivity contribution is 9.10. The Hall–Kier alpha value is -0.710. The van der Waals surface area contributed by atoms with Crippen molar-refractivity contribution in [1.29, 1.82) is 0 Å². The molecular formula is C15H22BrNO2. The van der Waals surface area contributed by atoms with Gasteiger partial charge in [0.1, 0.15) is 0 Å². The summed E-state index contributed by atoms with van der Waals surface area (Å²) in [7, 11) is 0. The minimum Gasteiger partial charge on any atom is -0.396 e. The quantitative estimate of drug-likeness (QED) is 0.746. The molecule has 4 heteroatoms. The fourth-order valence-electron chi connectivity index (χ4n) is 1.95. The highest BCUT2D eigenvalue weighted by Crippen LogP contribution is 2.13. The molecule has 19 heavy (non-hydrogen) atoms. The zero-order chi connectivity index (χ0) is 14.3. The van der Waals surface area contributed by atoms with Crippen molar-refractivity contribution < 1.29 is 9.90 Å². The second kappa shape index (κ2) is 8.46. The Labute approximate surface area is 123 Å². The van der Waals surface area contributed by atoms with Crippen LogP contribution in [0.1, 0.15) is 37.0 Å². The first kappa shape index (κ1) is 16.3. The zero-order valence-corrected chi connectivity index (χ0v) is 13.2. The van der Waals surface area contributed by atoms with Crippen LogP contribution in [0.15, 0.2) is 28.7 Å². The van der Waals surface area contributed by atoms with Gasteiger partial charge in [0.2, 0.25) is 0 Å². The number of aliphatic hydroxyl groups is 1. The van der Waals surface area contributed by atoms with Gasteiger partial charge in [-0.2, -0.15) is 0 Å². The van der Waals surface area contributed by atoms with Crippen LogP contribution >= 0.6 is 15.9 Å². The lowest BCUT2D eigenvalue weighted by molar-refractivity contribution is 0.0952. The molecule has 0 unspecified atom stereocenters. The molecule has 0 heterocycles. The molecule has 0 spiro atoms. The van der Waals surface area contributed by atoms with Crippen molar-refractivity contribution in [3.05, 3.63) is 34.3 Å². The number of hydrogen-bond acceptors (Lipinski definition) is 3. The summed E-state index contributed by atoms with van der Waals surface area (Å²) >= 11 is 3.38. The Bertz CT molecular complexity index is 407. The molecule has 0 aliphatic carbocycles. The number of hydrogen-bond donors (Lipinski definition) is 1. The second-order valence-electron chi connectivity index (χ2n) is 4.89. The van der Waals surface area contributed by atoms with Crippen molar-refractivity contribution in [3.63, 3.8) is 0 Å². The summed E-state index contributed by atoms with van der Waals surface area (Å²) in [6.07, 6.45) is 1.27. The van der Waals surface area contributed by atoms with Crippen molar-refractivity contribution in [2.24, 2.45) is 0 Å². The van der Waals surface area contributed by atoms with Crippen molar-refractivity contribution in [1.82, 2.24) is 4.90 Å². The largest absolute Gasteiger partial charge is 0.396 e. The summed E-state index contributed by atoms with van der Waals surface area (Å²) in [5.74, 6) is 0.163. The average Bonchev–Trinajstić information content (AvgIpc) is 2.38. The topological polar surface area (TPSA) is 40.5 Å². The van der Waals surface area contributed by atoms with Gasteiger partial charge in [-0.05, 0) is 32.4 Å². The van der Waals surface area contributed by atoms with Crippen LogP contribution in [0, 0.1) is 0 Å². The van der Waals surface area contributed by atoms with E-state index in [1.807, 2.05) is 24.3 Å². The van der Waals surface area contributed by atoms with Gasteiger partial charge in [-0.15, -0.1) is 0 Å². The molecule has 0 aromatic heterocycles. The third kappa shape index (κ3) is 5.85. The first-order valence-electron chi connectivity index (χ1n) is 6.68. The number of benzene rings is 1. The molecule has 0 atom stereocenters. The monoisotopic (exact) mass is 327 g/mol. The molecule has 106 valence electrons. The molecule has 0 amide bonds. The maximum absolute atomic E-state index is 12.1. The third-order valence-corrected chi connectivity index (χ3v) is 3.60. The van der Waals surface area contributed by atoms with Gasteiger partial charge < -0.3 is 10.0 Å². The highest BCUT2D eigenvalue weighted by atomic mass is 79.9. The zero-order valence-electron chi connectivity index (χ0n) is 11.6. The molecule has 1 N–H and O–H groups in total. The maximum atomic E-state index is 12.1. The summed E-state index contributed by atoms with van der Waals surface area (Å²) in [5, 5.41) is 8.88. The van der Waals surface area contributed by atoms with Crippen molar-refractivity contribution >= 4 is 21.7 Å². The van der Waals surface area contributed by atoms with Gasteiger partial charge >= 0.3 is 0 Å². The number of halogens is 1. The van der Waals surface area contributed by atoms with E-state index < -0.39 is 0 Å². The van der Waals surface area contributed by atoms with Crippen LogP contribution in [0.5, 0.6) is 0 Å². The molecule has 1 aromatic carbocycles. The van der Waals surface area contributed by atoms with E-state index in [4.69, 9.17) is 5.11 Å². The molecule has 0 saturated carbocycles. The van der Waals surface area contributed by atoms with Crippen molar-refractivity contribution in [2.75, 3.05) is 19.7 Å². The van der Waals surface area contributed by atoms with Gasteiger partial charge in [0, 0.05) is 42.2 Å². The standard InChI is InChI=1S/C15H22BrNO2/c1-12(2)17(8-4-10-18)9-7-15(19)13-5-3-6-14(16)11-13/h3,5-6,11-12,18H,4,7-10H2,1-2H3. The van der Waals surface area contributed by atoms with Gasteiger partial charge in [-0.25, -0.2) is 0 Å². The van der Waals surface area contributed by atoms with Crippen molar-refractivity contribution in [2.45, 2.75) is 32.7 Å². The number of carbonyl (C=O) groups excluding carboxylic acids is 1. The van der Waals surface area contributed by atoms with E-state index >= 15 is 0 Å². The van der Waals surface area contributed by atoms with Crippen LogP contribution in [0.25, 0.3) is 0 Å². The number of rotatable bonds is 8. The van der Waals surface area contributed by atoms with Crippen LogP contribution in [0.2, 0.25) is 0 Å². The van der Waals surface area contributed by atoms with Gasteiger partial charge in [-0.1, -0.05) is 28.1 Å². The van der Waals surface area contributed by atoms with E-state index in [0.717, 1.165) is 29.5 Å². The van der Waals surface area contributed by atoms with Gasteiger partial charge in [0.25, 0.3) is 0 Å². The number of aliphatic hydroxyl groups excluding tert-OH is 1. The summed E-state index contributed by atoms with van der Waals surface area (Å²) in [4.78, 5) is 14.3. The van der Waals surface area contributed by atoms with Gasteiger partial charge in [-0.3, -0.25) is 4.79 Å². The van der Waals surface area contributed by atoms with Gasteiger partial charge in [0.15, 0.2) is 5.78 Å². The van der Waals surface area contributed by atoms with Crippen LogP contribution < -0.4 is 0 Å². The molecule has 0 fully saturated rings. The van der Waals surface area contributed by atoms with Crippen molar-refractivity contribution in [3.8, 4) is 0 Å². The first-order chi connectivity index (χ1) is 9.04. The molecule has 1 aromatic rings. The molecule has 1 rings (SSSR count). The van der Waals surface area contributed by atoms with Crippen LogP contribution in [-0.2, 0) is 0 Å².